The lowest BCUT2D eigenvalue weighted by molar-refractivity contribution is 0.174. The maximum atomic E-state index is 5.41. The minimum Gasteiger partial charge on any atom is -0.454 e. The van der Waals surface area contributed by atoms with Crippen LogP contribution in [0.3, 0.4) is 0 Å². The highest BCUT2D eigenvalue weighted by molar-refractivity contribution is 5.83. The van der Waals surface area contributed by atoms with Crippen LogP contribution < -0.4 is 20.1 Å². The van der Waals surface area contributed by atoms with Crippen LogP contribution in [0.1, 0.15) is 5.56 Å². The van der Waals surface area contributed by atoms with E-state index in [1.807, 2.05) is 30.3 Å². The Balaban J connectivity index is 1.23. The maximum Gasteiger partial charge on any atom is 0.231 e. The van der Waals surface area contributed by atoms with Crippen LogP contribution in [0.5, 0.6) is 11.5 Å². The molecule has 7 nitrogen and oxygen atoms in total. The van der Waals surface area contributed by atoms with Crippen LogP contribution in [0.25, 0.3) is 10.9 Å². The Hall–Kier alpha value is -3.74. The summed E-state index contributed by atoms with van der Waals surface area (Å²) < 4.78 is 10.7. The molecule has 3 N–H and O–H groups in total. The van der Waals surface area contributed by atoms with Gasteiger partial charge in [-0.15, -0.1) is 0 Å². The number of rotatable bonds is 6. The van der Waals surface area contributed by atoms with Crippen molar-refractivity contribution in [2.75, 3.05) is 24.0 Å². The Morgan fingerprint density at radius 2 is 1.86 bits per heavy atom. The first-order valence-electron chi connectivity index (χ1n) is 9.13. The molecule has 1 aliphatic rings. The number of hydrogen-bond acceptors (Lipinski definition) is 6. The van der Waals surface area contributed by atoms with E-state index < -0.39 is 0 Å². The number of fused-ring (bicyclic) bond motifs is 2. The van der Waals surface area contributed by atoms with Gasteiger partial charge in [-0.3, -0.25) is 0 Å². The Bertz CT molecular complexity index is 1120. The number of H-pyrrole nitrogens is 1. The molecular formula is C21H19N5O2. The van der Waals surface area contributed by atoms with E-state index in [2.05, 4.69) is 50.0 Å². The zero-order valence-corrected chi connectivity index (χ0v) is 15.1. The average Bonchev–Trinajstić information content (AvgIpc) is 3.35. The Morgan fingerprint density at radius 1 is 0.964 bits per heavy atom. The van der Waals surface area contributed by atoms with Crippen molar-refractivity contribution in [1.82, 2.24) is 15.0 Å². The van der Waals surface area contributed by atoms with Gasteiger partial charge < -0.3 is 25.1 Å². The summed E-state index contributed by atoms with van der Waals surface area (Å²) in [5, 5.41) is 7.90. The first kappa shape index (κ1) is 16.4. The van der Waals surface area contributed by atoms with Gasteiger partial charge in [-0.05, 0) is 30.2 Å². The van der Waals surface area contributed by atoms with Crippen molar-refractivity contribution in [1.29, 1.82) is 0 Å². The van der Waals surface area contributed by atoms with Crippen molar-refractivity contribution in [3.8, 4) is 11.5 Å². The van der Waals surface area contributed by atoms with Crippen LogP contribution in [-0.4, -0.2) is 28.3 Å². The van der Waals surface area contributed by atoms with Gasteiger partial charge in [-0.1, -0.05) is 18.2 Å². The summed E-state index contributed by atoms with van der Waals surface area (Å²) in [4.78, 5) is 11.9. The third-order valence-electron chi connectivity index (χ3n) is 4.69. The molecule has 140 valence electrons. The molecule has 2 aromatic carbocycles. The van der Waals surface area contributed by atoms with E-state index in [4.69, 9.17) is 9.47 Å². The number of nitrogens with one attached hydrogen (secondary N) is 3. The zero-order valence-electron chi connectivity index (χ0n) is 15.1. The van der Waals surface area contributed by atoms with Crippen LogP contribution in [0.15, 0.2) is 61.1 Å². The second-order valence-electron chi connectivity index (χ2n) is 6.52. The smallest absolute Gasteiger partial charge is 0.231 e. The number of nitrogens with zero attached hydrogens (tertiary/aromatic N) is 2. The van der Waals surface area contributed by atoms with Gasteiger partial charge in [0, 0.05) is 41.5 Å². The average molecular weight is 373 g/mol. The third kappa shape index (κ3) is 3.29. The van der Waals surface area contributed by atoms with Crippen LogP contribution in [0, 0.1) is 0 Å². The van der Waals surface area contributed by atoms with E-state index in [0.717, 1.165) is 41.5 Å². The lowest BCUT2D eigenvalue weighted by atomic mass is 10.1. The van der Waals surface area contributed by atoms with Gasteiger partial charge in [0.1, 0.15) is 18.0 Å². The van der Waals surface area contributed by atoms with Gasteiger partial charge in [0.15, 0.2) is 11.5 Å². The molecule has 0 spiro atoms. The van der Waals surface area contributed by atoms with Crippen molar-refractivity contribution >= 4 is 28.2 Å². The number of hydrogen-bond donors (Lipinski definition) is 3. The molecule has 2 aromatic heterocycles. The van der Waals surface area contributed by atoms with E-state index >= 15 is 0 Å². The Labute approximate surface area is 161 Å². The standard InChI is InChI=1S/C21H19N5O2/c1-2-4-17-16(3-1)14(11-23-17)7-8-22-20-10-21(25-12-24-20)26-15-5-6-18-19(9-15)28-13-27-18/h1-6,9-12,23H,7-8,13H2,(H2,22,24,25,26). The van der Waals surface area contributed by atoms with E-state index in [1.54, 1.807) is 6.33 Å². The van der Waals surface area contributed by atoms with E-state index in [1.165, 1.54) is 10.9 Å². The molecule has 4 aromatic rings. The minimum atomic E-state index is 0.261. The molecule has 3 heterocycles. The fraction of sp³-hybridized carbons (Fsp3) is 0.143. The topological polar surface area (TPSA) is 84.1 Å². The van der Waals surface area contributed by atoms with Gasteiger partial charge >= 0.3 is 0 Å². The van der Waals surface area contributed by atoms with Crippen molar-refractivity contribution in [2.24, 2.45) is 0 Å². The summed E-state index contributed by atoms with van der Waals surface area (Å²) in [6, 6.07) is 15.9. The molecule has 0 radical (unpaired) electrons. The molecule has 0 bridgehead atoms. The maximum absolute atomic E-state index is 5.41. The van der Waals surface area contributed by atoms with Crippen LogP contribution in [-0.2, 0) is 6.42 Å². The fourth-order valence-electron chi connectivity index (χ4n) is 3.31. The second kappa shape index (κ2) is 7.11. The summed E-state index contributed by atoms with van der Waals surface area (Å²) in [6.07, 6.45) is 4.52. The fourth-order valence-corrected chi connectivity index (χ4v) is 3.31. The van der Waals surface area contributed by atoms with E-state index in [-0.39, 0.29) is 6.79 Å². The van der Waals surface area contributed by atoms with Crippen LogP contribution in [0.4, 0.5) is 17.3 Å². The van der Waals surface area contributed by atoms with Gasteiger partial charge in [-0.25, -0.2) is 9.97 Å². The molecule has 7 heteroatoms. The van der Waals surface area contributed by atoms with E-state index in [0.29, 0.717) is 5.82 Å². The minimum absolute atomic E-state index is 0.261. The molecule has 0 saturated heterocycles. The van der Waals surface area contributed by atoms with Crippen LogP contribution >= 0.6 is 0 Å². The van der Waals surface area contributed by atoms with Gasteiger partial charge in [0.05, 0.1) is 0 Å². The highest BCUT2D eigenvalue weighted by Crippen LogP contribution is 2.35. The number of aromatic nitrogens is 3. The zero-order chi connectivity index (χ0) is 18.8. The summed E-state index contributed by atoms with van der Waals surface area (Å²) in [5.74, 6) is 2.98. The number of benzene rings is 2. The van der Waals surface area contributed by atoms with Crippen molar-refractivity contribution < 1.29 is 9.47 Å². The molecule has 1 aliphatic heterocycles. The number of aromatic amines is 1. The molecule has 0 amide bonds. The lowest BCUT2D eigenvalue weighted by Crippen LogP contribution is -2.07. The quantitative estimate of drug-likeness (QED) is 0.472. The molecular weight excluding hydrogens is 354 g/mol. The molecule has 0 atom stereocenters. The largest absolute Gasteiger partial charge is 0.454 e. The molecule has 0 saturated carbocycles. The predicted octanol–water partition coefficient (Wildman–Crippen LogP) is 4.08. The summed E-state index contributed by atoms with van der Waals surface area (Å²) >= 11 is 0. The van der Waals surface area contributed by atoms with Gasteiger partial charge in [0.2, 0.25) is 6.79 Å². The number of para-hydroxylation sites is 1. The van der Waals surface area contributed by atoms with Gasteiger partial charge in [0.25, 0.3) is 0 Å². The SMILES string of the molecule is c1ccc2c(CCNc3cc(Nc4ccc5c(c4)OCO5)ncn3)c[nH]c2c1. The first-order chi connectivity index (χ1) is 13.8. The second-order valence-corrected chi connectivity index (χ2v) is 6.52. The van der Waals surface area contributed by atoms with Crippen LogP contribution in [0.2, 0.25) is 0 Å². The van der Waals surface area contributed by atoms with Gasteiger partial charge in [-0.2, -0.15) is 0 Å². The normalized spacial score (nSPS) is 12.3. The Kier molecular flexibility index (Phi) is 4.17. The third-order valence-corrected chi connectivity index (χ3v) is 4.69. The molecule has 0 fully saturated rings. The summed E-state index contributed by atoms with van der Waals surface area (Å²) in [7, 11) is 0. The summed E-state index contributed by atoms with van der Waals surface area (Å²) in [6.45, 7) is 1.04. The number of anilines is 3. The molecule has 0 aliphatic carbocycles. The van der Waals surface area contributed by atoms with Crippen molar-refractivity contribution in [3.05, 3.63) is 66.6 Å². The Morgan fingerprint density at radius 3 is 2.86 bits per heavy atom. The van der Waals surface area contributed by atoms with Crippen molar-refractivity contribution in [2.45, 2.75) is 6.42 Å². The number of ether oxygens (including phenoxy) is 2. The monoisotopic (exact) mass is 373 g/mol. The molecule has 5 rings (SSSR count). The first-order valence-corrected chi connectivity index (χ1v) is 9.13. The predicted molar refractivity (Wildman–Crippen MR) is 108 cm³/mol. The molecule has 0 unspecified atom stereocenters. The lowest BCUT2D eigenvalue weighted by Gasteiger charge is -2.09. The van der Waals surface area contributed by atoms with Crippen molar-refractivity contribution in [3.63, 3.8) is 0 Å². The highest BCUT2D eigenvalue weighted by Gasteiger charge is 2.13. The molecule has 28 heavy (non-hydrogen) atoms. The summed E-state index contributed by atoms with van der Waals surface area (Å²) in [5.41, 5.74) is 3.33. The van der Waals surface area contributed by atoms with E-state index in [9.17, 15) is 0 Å². The highest BCUT2D eigenvalue weighted by atomic mass is 16.7.